The third kappa shape index (κ3) is 18.4. The number of phosphoric acid groups is 2. The molecule has 0 aromatic heterocycles. The van der Waals surface area contributed by atoms with Crippen LogP contribution in [0.1, 0.15) is 2.85 Å². The van der Waals surface area contributed by atoms with Gasteiger partial charge in [-0.05, 0) is 0 Å². The summed E-state index contributed by atoms with van der Waals surface area (Å²) in [7, 11) is -10.1. The Kier molecular flexibility index (Phi) is 10.0. The molecule has 0 radical (unpaired) electrons. The predicted octanol–water partition coefficient (Wildman–Crippen LogP) is -1.79. The summed E-state index contributed by atoms with van der Waals surface area (Å²) >= 11 is 0. The third-order valence-electron chi connectivity index (χ3n) is 0.213. The second kappa shape index (κ2) is 6.01. The van der Waals surface area contributed by atoms with E-state index < -0.39 is 15.6 Å². The van der Waals surface area contributed by atoms with E-state index in [9.17, 15) is 9.13 Å². The fourth-order valence-corrected chi connectivity index (χ4v) is 1.25. The van der Waals surface area contributed by atoms with Crippen LogP contribution in [-0.2, 0) is 13.4 Å². The van der Waals surface area contributed by atoms with Crippen LogP contribution < -0.4 is 0 Å². The van der Waals surface area contributed by atoms with E-state index in [4.69, 9.17) is 19.6 Å². The van der Waals surface area contributed by atoms with Crippen LogP contribution >= 0.6 is 15.6 Å². The van der Waals surface area contributed by atoms with E-state index in [0.29, 0.717) is 0 Å². The molecule has 0 spiro atoms. The zero-order valence-electron chi connectivity index (χ0n) is 7.12. The summed E-state index contributed by atoms with van der Waals surface area (Å²) in [5.41, 5.74) is 0. The van der Waals surface area contributed by atoms with Crippen LogP contribution in [0.25, 0.3) is 0 Å². The standard InChI is InChI=1S/Ca.H4O7P2.H2O.2H/c;1-8(2,3)7-9(4,5)6;;;/h;(H2,1,2,3)(H2,4,5,6);1H2;;/q+2;;;2*-1. The Morgan fingerprint density at radius 1 is 1.00 bits per heavy atom. The van der Waals surface area contributed by atoms with Gasteiger partial charge in [0, 0.05) is 0 Å². The molecule has 0 atom stereocenters. The Morgan fingerprint density at radius 3 is 1.18 bits per heavy atom. The Morgan fingerprint density at radius 2 is 1.18 bits per heavy atom. The maximum absolute atomic E-state index is 9.63. The maximum Gasteiger partial charge on any atom is 2.00 e. The second-order valence-corrected chi connectivity index (χ2v) is 3.68. The minimum atomic E-state index is -5.05. The van der Waals surface area contributed by atoms with Gasteiger partial charge in [0.1, 0.15) is 0 Å². The van der Waals surface area contributed by atoms with Crippen molar-refractivity contribution in [3.63, 3.8) is 0 Å². The van der Waals surface area contributed by atoms with Crippen LogP contribution in [0.15, 0.2) is 0 Å². The van der Waals surface area contributed by atoms with E-state index in [1.165, 1.54) is 0 Å². The van der Waals surface area contributed by atoms with Crippen molar-refractivity contribution in [3.8, 4) is 0 Å². The van der Waals surface area contributed by atoms with Gasteiger partial charge in [0.2, 0.25) is 0 Å². The minimum absolute atomic E-state index is 0. The van der Waals surface area contributed by atoms with Crippen LogP contribution in [0, 0.1) is 0 Å². The fraction of sp³-hybridized carbons (Fsp3) is 0. The zero-order chi connectivity index (χ0) is 7.71. The van der Waals surface area contributed by atoms with Crippen molar-refractivity contribution < 1.29 is 41.3 Å². The Bertz CT molecular complexity index is 161. The molecule has 11 heteroatoms. The molecule has 6 N–H and O–H groups in total. The van der Waals surface area contributed by atoms with E-state index in [1.54, 1.807) is 0 Å². The fourth-order valence-electron chi connectivity index (χ4n) is 0.139. The summed E-state index contributed by atoms with van der Waals surface area (Å²) in [5, 5.41) is 0. The van der Waals surface area contributed by atoms with Gasteiger partial charge in [0.25, 0.3) is 0 Å². The molecule has 0 amide bonds. The summed E-state index contributed by atoms with van der Waals surface area (Å²) in [4.78, 5) is 31.0. The van der Waals surface area contributed by atoms with Crippen molar-refractivity contribution in [2.75, 3.05) is 0 Å². The van der Waals surface area contributed by atoms with Crippen molar-refractivity contribution in [1.82, 2.24) is 0 Å². The van der Waals surface area contributed by atoms with Gasteiger partial charge < -0.3 is 27.9 Å². The van der Waals surface area contributed by atoms with Crippen molar-refractivity contribution in [2.45, 2.75) is 0 Å². The van der Waals surface area contributed by atoms with Gasteiger partial charge in [-0.1, -0.05) is 0 Å². The van der Waals surface area contributed by atoms with Gasteiger partial charge in [0.15, 0.2) is 0 Å². The van der Waals surface area contributed by atoms with Crippen molar-refractivity contribution in [3.05, 3.63) is 0 Å². The molecule has 0 saturated carbocycles. The largest absolute Gasteiger partial charge is 2.00 e. The summed E-state index contributed by atoms with van der Waals surface area (Å²) in [6, 6.07) is 0. The molecule has 0 aromatic rings. The molecule has 0 aliphatic heterocycles. The van der Waals surface area contributed by atoms with Gasteiger partial charge in [0.05, 0.1) is 0 Å². The van der Waals surface area contributed by atoms with Gasteiger partial charge in [-0.3, -0.25) is 0 Å². The zero-order valence-corrected chi connectivity index (χ0v) is 9.11. The molecule has 0 aliphatic carbocycles. The third-order valence-corrected chi connectivity index (χ3v) is 1.91. The first-order valence-electron chi connectivity index (χ1n) is 1.53. The quantitative estimate of drug-likeness (QED) is 0.326. The van der Waals surface area contributed by atoms with Crippen LogP contribution in [0.4, 0.5) is 0 Å². The first kappa shape index (κ1) is 18.3. The SMILES string of the molecule is O.O=P(O)(O)OP(=O)(O)O.[Ca+2].[H-].[H-]. The number of hydrogen-bond acceptors (Lipinski definition) is 3. The normalized spacial score (nSPS) is 11.3. The minimum Gasteiger partial charge on any atom is -1.00 e. The topological polar surface area (TPSA) is 156 Å². The monoisotopic (exact) mass is 238 g/mol. The summed E-state index contributed by atoms with van der Waals surface area (Å²) in [6.45, 7) is 0. The number of hydrogen-bond donors (Lipinski definition) is 4. The molecule has 8 nitrogen and oxygen atoms in total. The summed E-state index contributed by atoms with van der Waals surface area (Å²) in [6.07, 6.45) is 0. The van der Waals surface area contributed by atoms with E-state index in [1.807, 2.05) is 0 Å². The Balaban J connectivity index is -0.0000000533. The van der Waals surface area contributed by atoms with Crippen LogP contribution in [-0.4, -0.2) is 62.8 Å². The average Bonchev–Trinajstić information content (AvgIpc) is 1.14. The average molecular weight is 238 g/mol. The van der Waals surface area contributed by atoms with Crippen molar-refractivity contribution in [2.24, 2.45) is 0 Å². The van der Waals surface area contributed by atoms with E-state index >= 15 is 0 Å². The number of rotatable bonds is 2. The molecule has 11 heavy (non-hydrogen) atoms. The van der Waals surface area contributed by atoms with E-state index in [-0.39, 0.29) is 46.1 Å². The van der Waals surface area contributed by atoms with Crippen LogP contribution in [0.5, 0.6) is 0 Å². The predicted molar refractivity (Wildman–Crippen MR) is 36.8 cm³/mol. The molecule has 0 heterocycles. The molecule has 0 aromatic carbocycles. The molecule has 0 saturated heterocycles. The first-order valence-corrected chi connectivity index (χ1v) is 4.59. The second-order valence-electron chi connectivity index (χ2n) is 1.06. The van der Waals surface area contributed by atoms with E-state index in [0.717, 1.165) is 0 Å². The van der Waals surface area contributed by atoms with Gasteiger partial charge in [-0.15, -0.1) is 0 Å². The Labute approximate surface area is 94.3 Å². The van der Waals surface area contributed by atoms with Crippen molar-refractivity contribution >= 4 is 53.4 Å². The molecule has 0 fully saturated rings. The molecule has 0 bridgehead atoms. The van der Waals surface area contributed by atoms with Gasteiger partial charge in [-0.25, -0.2) is 9.13 Å². The van der Waals surface area contributed by atoms with Crippen LogP contribution in [0.2, 0.25) is 0 Å². The first-order chi connectivity index (χ1) is 3.71. The smallest absolute Gasteiger partial charge is 1.00 e. The van der Waals surface area contributed by atoms with Crippen LogP contribution in [0.3, 0.4) is 0 Å². The Hall–Kier alpha value is 1.48. The molecular weight excluding hydrogens is 230 g/mol. The van der Waals surface area contributed by atoms with Crippen molar-refractivity contribution in [1.29, 1.82) is 0 Å². The summed E-state index contributed by atoms with van der Waals surface area (Å²) < 4.78 is 22.2. The molecule has 0 rings (SSSR count). The molecular formula is H8CaO8P2. The molecule has 0 aliphatic rings. The molecule has 68 valence electrons. The molecule has 0 unspecified atom stereocenters. The van der Waals surface area contributed by atoms with Gasteiger partial charge >= 0.3 is 53.4 Å². The van der Waals surface area contributed by atoms with Gasteiger partial charge in [-0.2, -0.15) is 4.31 Å². The summed E-state index contributed by atoms with van der Waals surface area (Å²) in [5.74, 6) is 0. The maximum atomic E-state index is 9.63. The van der Waals surface area contributed by atoms with E-state index in [2.05, 4.69) is 4.31 Å².